The number of unbranched alkanes of at least 4 members (excludes halogenated alkanes) is 8. The average Bonchev–Trinajstić information content (AvgIpc) is 3.26. The summed E-state index contributed by atoms with van der Waals surface area (Å²) in [5, 5.41) is 0. The van der Waals surface area contributed by atoms with Crippen molar-refractivity contribution in [2.24, 2.45) is 0 Å². The van der Waals surface area contributed by atoms with Gasteiger partial charge in [-0.3, -0.25) is 0 Å². The third-order valence-electron chi connectivity index (χ3n) is 8.92. The van der Waals surface area contributed by atoms with Gasteiger partial charge in [0.05, 0.1) is 58.5 Å². The Morgan fingerprint density at radius 3 is 0.877 bits per heavy atom. The molecule has 0 aliphatic carbocycles. The van der Waals surface area contributed by atoms with Crippen LogP contribution in [0.3, 0.4) is 0 Å². The van der Waals surface area contributed by atoms with Gasteiger partial charge in [0.25, 0.3) is 0 Å². The number of carbonyl (C=O) groups is 4. The van der Waals surface area contributed by atoms with Crippen LogP contribution in [-0.4, -0.2) is 114 Å². The Morgan fingerprint density at radius 2 is 0.646 bits per heavy atom. The van der Waals surface area contributed by atoms with E-state index in [9.17, 15) is 45.1 Å². The van der Waals surface area contributed by atoms with E-state index in [2.05, 4.69) is 52.0 Å². The van der Waals surface area contributed by atoms with E-state index in [1.54, 1.807) is 0 Å². The molecule has 0 aromatic heterocycles. The molecule has 2 aromatic rings. The molecular weight excluding hydrogens is 905 g/mol. The summed E-state index contributed by atoms with van der Waals surface area (Å²) >= 11 is 0. The number of benzene rings is 2. The monoisotopic (exact) mass is 970 g/mol. The molecule has 356 valence electrons. The molecule has 14 nitrogen and oxygen atoms in total. The molecule has 65 heavy (non-hydrogen) atoms. The molecule has 2 aromatic carbocycles. The van der Waals surface area contributed by atoms with Crippen molar-refractivity contribution in [3.8, 4) is 0 Å². The van der Waals surface area contributed by atoms with Gasteiger partial charge < -0.3 is 28.1 Å². The van der Waals surface area contributed by atoms with Crippen LogP contribution in [0.2, 0.25) is 0 Å². The largest absolute Gasteiger partial charge is 2.00 e. The maximum Gasteiger partial charge on any atom is 2.00 e. The molecule has 2 rings (SSSR count). The first kappa shape index (κ1) is 61.4. The van der Waals surface area contributed by atoms with Gasteiger partial charge in [-0.1, -0.05) is 102 Å². The number of rotatable bonds is 30. The number of hydrogen-bond donors (Lipinski definition) is 0. The molecule has 0 saturated heterocycles. The Morgan fingerprint density at radius 1 is 0.415 bits per heavy atom. The molecule has 0 heterocycles. The second-order valence-electron chi connectivity index (χ2n) is 14.5. The number of allylic oxidation sites excluding steroid dienone is 8. The molecule has 0 aliphatic rings. The fraction of sp³-hybridized carbons (Fsp3) is 0.500. The first-order valence-electron chi connectivity index (χ1n) is 22.1. The summed E-state index contributed by atoms with van der Waals surface area (Å²) in [4.78, 5) is 48.7. The van der Waals surface area contributed by atoms with Gasteiger partial charge in [0, 0.05) is 0 Å². The van der Waals surface area contributed by atoms with E-state index in [1.807, 2.05) is 24.3 Å². The van der Waals surface area contributed by atoms with Crippen LogP contribution in [0.1, 0.15) is 172 Å². The molecule has 0 radical (unpaired) electrons. The zero-order valence-corrected chi connectivity index (χ0v) is 42.3. The molecule has 0 fully saturated rings. The third-order valence-corrected chi connectivity index (χ3v) is 10.6. The van der Waals surface area contributed by atoms with E-state index in [0.29, 0.717) is 25.7 Å². The van der Waals surface area contributed by atoms with Crippen molar-refractivity contribution < 1.29 is 64.1 Å². The zero-order valence-electron chi connectivity index (χ0n) is 38.5. The summed E-state index contributed by atoms with van der Waals surface area (Å²) < 4.78 is 88.9. The molecule has 0 bridgehead atoms. The zero-order chi connectivity index (χ0) is 47.6. The predicted molar refractivity (Wildman–Crippen MR) is 249 cm³/mol. The SMILES string of the molecule is CCC/C=C/CCCOC(=O)c1ccc(S(=O)(=O)[O-])cc1C(=O)OCCC/C=C/CCC.CCC/C=C/CCCOC(=O)c1ccc(S(=O)(=O)[O-])cc1C(=O)OCCC/C=C/CCC.[Ca+2]. The fourth-order valence-corrected chi connectivity index (χ4v) is 6.43. The summed E-state index contributed by atoms with van der Waals surface area (Å²) in [5.74, 6) is -3.29. The van der Waals surface area contributed by atoms with Crippen molar-refractivity contribution in [1.82, 2.24) is 0 Å². The van der Waals surface area contributed by atoms with Gasteiger partial charge in [-0.2, -0.15) is 0 Å². The van der Waals surface area contributed by atoms with Gasteiger partial charge in [0.15, 0.2) is 0 Å². The van der Waals surface area contributed by atoms with Gasteiger partial charge in [-0.25, -0.2) is 36.0 Å². The van der Waals surface area contributed by atoms with Crippen molar-refractivity contribution in [3.05, 3.63) is 107 Å². The third kappa shape index (κ3) is 27.6. The molecule has 0 atom stereocenters. The van der Waals surface area contributed by atoms with Crippen LogP contribution in [-0.2, 0) is 39.2 Å². The van der Waals surface area contributed by atoms with Crippen molar-refractivity contribution in [3.63, 3.8) is 0 Å². The Labute approximate surface area is 416 Å². The fourth-order valence-electron chi connectivity index (χ4n) is 5.44. The summed E-state index contributed by atoms with van der Waals surface area (Å²) in [6, 6.07) is 5.94. The van der Waals surface area contributed by atoms with Crippen LogP contribution in [0, 0.1) is 0 Å². The molecule has 0 unspecified atom stereocenters. The smallest absolute Gasteiger partial charge is 0.744 e. The van der Waals surface area contributed by atoms with E-state index in [4.69, 9.17) is 18.9 Å². The van der Waals surface area contributed by atoms with Crippen LogP contribution in [0.4, 0.5) is 0 Å². The summed E-state index contributed by atoms with van der Waals surface area (Å²) in [6.45, 7) is 8.83. The van der Waals surface area contributed by atoms with Gasteiger partial charge in [-0.05, 0) is 113 Å². The summed E-state index contributed by atoms with van der Waals surface area (Å²) in [7, 11) is -9.60. The van der Waals surface area contributed by atoms with Crippen molar-refractivity contribution in [1.29, 1.82) is 0 Å². The molecule has 0 aliphatic heterocycles. The van der Waals surface area contributed by atoms with Gasteiger partial charge >= 0.3 is 61.6 Å². The number of esters is 4. The predicted octanol–water partition coefficient (Wildman–Crippen LogP) is 9.97. The van der Waals surface area contributed by atoms with E-state index in [1.165, 1.54) is 0 Å². The molecule has 0 saturated carbocycles. The molecule has 0 amide bonds. The number of ether oxygens (including phenoxy) is 4. The Hall–Kier alpha value is -3.64. The Balaban J connectivity index is 0.00000124. The van der Waals surface area contributed by atoms with Crippen LogP contribution < -0.4 is 0 Å². The molecule has 0 spiro atoms. The van der Waals surface area contributed by atoms with Crippen LogP contribution in [0.5, 0.6) is 0 Å². The van der Waals surface area contributed by atoms with Crippen LogP contribution >= 0.6 is 0 Å². The first-order chi connectivity index (χ1) is 30.6. The van der Waals surface area contributed by atoms with Gasteiger partial charge in [-0.15, -0.1) is 0 Å². The second kappa shape index (κ2) is 36.5. The Kier molecular flexibility index (Phi) is 34.4. The van der Waals surface area contributed by atoms with E-state index in [0.717, 1.165) is 113 Å². The first-order valence-corrected chi connectivity index (χ1v) is 24.9. The molecular formula is C48H66CaO14S2. The standard InChI is InChI=1S/2C24H34O7S.Ca/c2*1-3-5-7-9-11-13-17-30-23(25)21-16-15-20(32(27,28)29)19-22(21)24(26)31-18-14-12-10-8-6-4-2;/h2*7-10,15-16,19H,3-6,11-14,17-18H2,1-2H3,(H,27,28,29);/q;;+2/p-2/b2*9-7+,10-8+;. The maximum atomic E-state index is 12.5. The van der Waals surface area contributed by atoms with Crippen LogP contribution in [0.25, 0.3) is 0 Å². The quantitative estimate of drug-likeness (QED) is 0.0178. The van der Waals surface area contributed by atoms with Crippen molar-refractivity contribution >= 4 is 81.9 Å². The van der Waals surface area contributed by atoms with E-state index >= 15 is 0 Å². The number of carbonyl (C=O) groups excluding carboxylic acids is 4. The second-order valence-corrected chi connectivity index (χ2v) is 17.2. The number of hydrogen-bond acceptors (Lipinski definition) is 14. The normalized spacial score (nSPS) is 11.7. The van der Waals surface area contributed by atoms with E-state index < -0.39 is 53.9 Å². The molecule has 0 N–H and O–H groups in total. The van der Waals surface area contributed by atoms with Gasteiger partial charge in [0.2, 0.25) is 0 Å². The average molecular weight is 971 g/mol. The maximum absolute atomic E-state index is 12.5. The molecule has 17 heteroatoms. The minimum absolute atomic E-state index is 0. The van der Waals surface area contributed by atoms with Crippen LogP contribution in [0.15, 0.2) is 94.8 Å². The van der Waals surface area contributed by atoms with Crippen molar-refractivity contribution in [2.75, 3.05) is 26.4 Å². The minimum atomic E-state index is -4.80. The topological polar surface area (TPSA) is 220 Å². The summed E-state index contributed by atoms with van der Waals surface area (Å²) in [6.07, 6.45) is 29.8. The minimum Gasteiger partial charge on any atom is -0.744 e. The Bertz CT molecular complexity index is 1930. The van der Waals surface area contributed by atoms with E-state index in [-0.39, 0.29) is 86.4 Å². The van der Waals surface area contributed by atoms with Gasteiger partial charge in [0.1, 0.15) is 20.2 Å². The summed E-state index contributed by atoms with van der Waals surface area (Å²) in [5.41, 5.74) is -0.855. The van der Waals surface area contributed by atoms with Crippen molar-refractivity contribution in [2.45, 2.75) is 140 Å².